The van der Waals surface area contributed by atoms with Gasteiger partial charge in [-0.25, -0.2) is 0 Å². The number of hydrogen-bond acceptors (Lipinski definition) is 5. The molecule has 0 unspecified atom stereocenters. The van der Waals surface area contributed by atoms with E-state index < -0.39 is 5.91 Å². The van der Waals surface area contributed by atoms with Gasteiger partial charge in [-0.05, 0) is 49.1 Å². The van der Waals surface area contributed by atoms with Gasteiger partial charge in [0.1, 0.15) is 23.8 Å². The minimum atomic E-state index is -0.460. The number of hydrogen-bond donors (Lipinski definition) is 1. The average Bonchev–Trinajstić information content (AvgIpc) is 3.38. The molecule has 0 saturated carbocycles. The molecule has 0 aliphatic rings. The Kier molecular flexibility index (Phi) is 7.02. The summed E-state index contributed by atoms with van der Waals surface area (Å²) in [5.41, 5.74) is 2.89. The number of anilines is 1. The maximum absolute atomic E-state index is 12.7. The number of nitrogens with one attached hydrogen (secondary N) is 1. The molecular weight excluding hydrogens is 408 g/mol. The Balaban J connectivity index is 1.72. The lowest BCUT2D eigenvalue weighted by molar-refractivity contribution is 0.0816. The Labute approximate surface area is 188 Å². The molecule has 0 aliphatic carbocycles. The second-order valence-corrected chi connectivity index (χ2v) is 8.13. The third kappa shape index (κ3) is 5.01. The highest BCUT2D eigenvalue weighted by Crippen LogP contribution is 2.28. The highest BCUT2D eigenvalue weighted by molar-refractivity contribution is 6.07. The van der Waals surface area contributed by atoms with Crippen molar-refractivity contribution in [3.05, 3.63) is 64.9 Å². The summed E-state index contributed by atoms with van der Waals surface area (Å²) < 4.78 is 13.2. The number of ether oxygens (including phenoxy) is 1. The third-order valence-corrected chi connectivity index (χ3v) is 5.04. The number of amides is 2. The molecule has 1 N–H and O–H groups in total. The van der Waals surface area contributed by atoms with Gasteiger partial charge < -0.3 is 19.4 Å². The maximum Gasteiger partial charge on any atom is 0.291 e. The van der Waals surface area contributed by atoms with Gasteiger partial charge >= 0.3 is 0 Å². The van der Waals surface area contributed by atoms with Crippen LogP contribution in [0.3, 0.4) is 0 Å². The number of carbonyl (C=O) groups is 2. The fourth-order valence-corrected chi connectivity index (χ4v) is 3.31. The highest BCUT2D eigenvalue weighted by Gasteiger charge is 2.22. The topological polar surface area (TPSA) is 89.6 Å². The van der Waals surface area contributed by atoms with Crippen LogP contribution < -0.4 is 10.1 Å². The minimum Gasteiger partial charge on any atom is -0.485 e. The van der Waals surface area contributed by atoms with Gasteiger partial charge in [-0.1, -0.05) is 26.0 Å². The largest absolute Gasteiger partial charge is 0.485 e. The van der Waals surface area contributed by atoms with Crippen molar-refractivity contribution in [1.82, 2.24) is 14.7 Å². The van der Waals surface area contributed by atoms with Gasteiger partial charge in [0.05, 0.1) is 11.9 Å². The zero-order valence-corrected chi connectivity index (χ0v) is 19.4. The summed E-state index contributed by atoms with van der Waals surface area (Å²) in [6.45, 7) is 8.83. The highest BCUT2D eigenvalue weighted by atomic mass is 16.5. The van der Waals surface area contributed by atoms with Crippen LogP contribution in [0.15, 0.2) is 40.9 Å². The molecule has 2 aromatic heterocycles. The monoisotopic (exact) mass is 438 g/mol. The van der Waals surface area contributed by atoms with E-state index in [0.717, 1.165) is 16.9 Å². The first-order chi connectivity index (χ1) is 15.2. The molecule has 2 heterocycles. The van der Waals surface area contributed by atoms with E-state index in [1.807, 2.05) is 19.9 Å². The Morgan fingerprint density at radius 2 is 1.97 bits per heavy atom. The standard InChI is InChI=1S/C24H30N4O4/c1-7-28-22(24(30)27(5)6)19(13-25-28)26-23(29)20-11-9-17(32-20)14-31-21-12-16(4)8-10-18(21)15(2)3/h8-13,15H,7,14H2,1-6H3,(H,26,29). The van der Waals surface area contributed by atoms with Gasteiger partial charge in [-0.2, -0.15) is 5.10 Å². The number of nitrogens with zero attached hydrogens (tertiary/aromatic N) is 3. The molecule has 3 aromatic rings. The maximum atomic E-state index is 12.7. The summed E-state index contributed by atoms with van der Waals surface area (Å²) in [6, 6.07) is 9.43. The quantitative estimate of drug-likeness (QED) is 0.561. The number of furan rings is 1. The van der Waals surface area contributed by atoms with Crippen molar-refractivity contribution in [1.29, 1.82) is 0 Å². The van der Waals surface area contributed by atoms with Gasteiger partial charge in [-0.15, -0.1) is 0 Å². The SMILES string of the molecule is CCn1ncc(NC(=O)c2ccc(COc3cc(C)ccc3C(C)C)o2)c1C(=O)N(C)C. The number of aryl methyl sites for hydroxylation is 2. The molecule has 0 bridgehead atoms. The van der Waals surface area contributed by atoms with Crippen molar-refractivity contribution in [2.45, 2.75) is 46.8 Å². The molecule has 0 radical (unpaired) electrons. The Bertz CT molecular complexity index is 1110. The molecule has 0 aliphatic heterocycles. The second-order valence-electron chi connectivity index (χ2n) is 8.13. The molecule has 8 heteroatoms. The molecular formula is C24H30N4O4. The van der Waals surface area contributed by atoms with E-state index in [-0.39, 0.29) is 18.3 Å². The minimum absolute atomic E-state index is 0.129. The van der Waals surface area contributed by atoms with Gasteiger partial charge in [0, 0.05) is 20.6 Å². The summed E-state index contributed by atoms with van der Waals surface area (Å²) in [4.78, 5) is 26.7. The van der Waals surface area contributed by atoms with Crippen molar-refractivity contribution in [3.63, 3.8) is 0 Å². The second kappa shape index (κ2) is 9.72. The summed E-state index contributed by atoms with van der Waals surface area (Å²) in [7, 11) is 3.30. The van der Waals surface area contributed by atoms with Crippen LogP contribution in [0.25, 0.3) is 0 Å². The van der Waals surface area contributed by atoms with Crippen molar-refractivity contribution in [2.24, 2.45) is 0 Å². The van der Waals surface area contributed by atoms with Crippen molar-refractivity contribution >= 4 is 17.5 Å². The molecule has 1 aromatic carbocycles. The van der Waals surface area contributed by atoms with Crippen molar-refractivity contribution in [3.8, 4) is 5.75 Å². The smallest absolute Gasteiger partial charge is 0.291 e. The van der Waals surface area contributed by atoms with Gasteiger partial charge in [-0.3, -0.25) is 14.3 Å². The molecule has 170 valence electrons. The molecule has 0 saturated heterocycles. The van der Waals surface area contributed by atoms with Crippen LogP contribution in [-0.4, -0.2) is 40.6 Å². The van der Waals surface area contributed by atoms with Gasteiger partial charge in [0.15, 0.2) is 5.76 Å². The van der Waals surface area contributed by atoms with Gasteiger partial charge in [0.25, 0.3) is 11.8 Å². The Morgan fingerprint density at radius 3 is 2.62 bits per heavy atom. The van der Waals surface area contributed by atoms with E-state index >= 15 is 0 Å². The zero-order valence-electron chi connectivity index (χ0n) is 19.4. The molecule has 0 spiro atoms. The fraction of sp³-hybridized carbons (Fsp3) is 0.375. The van der Waals surface area contributed by atoms with E-state index in [9.17, 15) is 9.59 Å². The first-order valence-electron chi connectivity index (χ1n) is 10.6. The number of rotatable bonds is 8. The summed E-state index contributed by atoms with van der Waals surface area (Å²) >= 11 is 0. The normalized spacial score (nSPS) is 11.0. The lowest BCUT2D eigenvalue weighted by Crippen LogP contribution is -2.26. The average molecular weight is 439 g/mol. The zero-order chi connectivity index (χ0) is 23.4. The predicted molar refractivity (Wildman–Crippen MR) is 122 cm³/mol. The molecule has 0 fully saturated rings. The molecule has 3 rings (SSSR count). The molecule has 8 nitrogen and oxygen atoms in total. The van der Waals surface area contributed by atoms with Crippen LogP contribution in [0.4, 0.5) is 5.69 Å². The molecule has 2 amide bonds. The van der Waals surface area contributed by atoms with Crippen molar-refractivity contribution < 1.29 is 18.7 Å². The van der Waals surface area contributed by atoms with E-state index in [1.165, 1.54) is 11.1 Å². The Morgan fingerprint density at radius 1 is 1.22 bits per heavy atom. The molecule has 0 atom stereocenters. The van der Waals surface area contributed by atoms with Crippen LogP contribution in [0.5, 0.6) is 5.75 Å². The van der Waals surface area contributed by atoms with E-state index in [4.69, 9.17) is 9.15 Å². The van der Waals surface area contributed by atoms with Crippen LogP contribution in [0, 0.1) is 6.92 Å². The number of carbonyl (C=O) groups excluding carboxylic acids is 2. The number of benzene rings is 1. The summed E-state index contributed by atoms with van der Waals surface area (Å²) in [6.07, 6.45) is 1.47. The summed E-state index contributed by atoms with van der Waals surface area (Å²) in [5.74, 6) is 1.09. The van der Waals surface area contributed by atoms with Crippen LogP contribution >= 0.6 is 0 Å². The van der Waals surface area contributed by atoms with E-state index in [0.29, 0.717) is 29.6 Å². The summed E-state index contributed by atoms with van der Waals surface area (Å²) in [5, 5.41) is 6.92. The van der Waals surface area contributed by atoms with E-state index in [2.05, 4.69) is 36.4 Å². The predicted octanol–water partition coefficient (Wildman–Crippen LogP) is 4.46. The van der Waals surface area contributed by atoms with Crippen LogP contribution in [-0.2, 0) is 13.2 Å². The fourth-order valence-electron chi connectivity index (χ4n) is 3.31. The lowest BCUT2D eigenvalue weighted by atomic mass is 10.0. The first-order valence-corrected chi connectivity index (χ1v) is 10.6. The molecule has 32 heavy (non-hydrogen) atoms. The van der Waals surface area contributed by atoms with Crippen molar-refractivity contribution in [2.75, 3.05) is 19.4 Å². The third-order valence-electron chi connectivity index (χ3n) is 5.04. The van der Waals surface area contributed by atoms with Crippen LogP contribution in [0.2, 0.25) is 0 Å². The van der Waals surface area contributed by atoms with Crippen LogP contribution in [0.1, 0.15) is 64.6 Å². The number of aromatic nitrogens is 2. The van der Waals surface area contributed by atoms with E-state index in [1.54, 1.807) is 30.9 Å². The Hall–Kier alpha value is -3.55. The van der Waals surface area contributed by atoms with Gasteiger partial charge in [0.2, 0.25) is 0 Å². The lowest BCUT2D eigenvalue weighted by Gasteiger charge is -2.14. The first kappa shape index (κ1) is 23.1.